The molecule has 0 aliphatic heterocycles. The van der Waals surface area contributed by atoms with Gasteiger partial charge in [0.1, 0.15) is 5.82 Å². The Morgan fingerprint density at radius 1 is 1.19 bits per heavy atom. The first kappa shape index (κ1) is 21.1. The zero-order chi connectivity index (χ0) is 22.0. The molecule has 0 saturated heterocycles. The highest BCUT2D eigenvalue weighted by Crippen LogP contribution is 2.26. The van der Waals surface area contributed by atoms with Gasteiger partial charge < -0.3 is 15.8 Å². The van der Waals surface area contributed by atoms with E-state index < -0.39 is 0 Å². The van der Waals surface area contributed by atoms with E-state index in [-0.39, 0.29) is 23.9 Å². The Hall–Kier alpha value is -3.19. The summed E-state index contributed by atoms with van der Waals surface area (Å²) in [5.41, 5.74) is 11.8. The van der Waals surface area contributed by atoms with Gasteiger partial charge in [0.15, 0.2) is 0 Å². The quantitative estimate of drug-likeness (QED) is 0.637. The molecule has 3 aromatic rings. The van der Waals surface area contributed by atoms with Crippen LogP contribution in [0.3, 0.4) is 0 Å². The smallest absolute Gasteiger partial charge is 0.255 e. The lowest BCUT2D eigenvalue weighted by Gasteiger charge is -2.22. The highest BCUT2D eigenvalue weighted by Gasteiger charge is 2.30. The van der Waals surface area contributed by atoms with Crippen LogP contribution in [-0.2, 0) is 18.4 Å². The van der Waals surface area contributed by atoms with Gasteiger partial charge >= 0.3 is 0 Å². The molecule has 2 atom stereocenters. The third-order valence-corrected chi connectivity index (χ3v) is 6.01. The number of anilines is 1. The van der Waals surface area contributed by atoms with Gasteiger partial charge in [0.2, 0.25) is 0 Å². The molecule has 162 valence electrons. The number of aromatic nitrogens is 3. The van der Waals surface area contributed by atoms with Crippen LogP contribution in [-0.4, -0.2) is 32.8 Å². The van der Waals surface area contributed by atoms with E-state index >= 15 is 0 Å². The number of nitrogens with two attached hydrogens (primary N) is 1. The number of nitrogens with one attached hydrogen (secondary N) is 1. The minimum absolute atomic E-state index is 0.0127. The molecule has 0 radical (unpaired) electrons. The molecule has 1 fully saturated rings. The van der Waals surface area contributed by atoms with E-state index in [0.717, 1.165) is 36.0 Å². The number of aryl methyl sites for hydroxylation is 3. The zero-order valence-corrected chi connectivity index (χ0v) is 18.3. The van der Waals surface area contributed by atoms with E-state index in [9.17, 15) is 4.79 Å². The highest BCUT2D eigenvalue weighted by molar-refractivity contribution is 5.99. The summed E-state index contributed by atoms with van der Waals surface area (Å²) in [6.07, 6.45) is 8.10. The third kappa shape index (κ3) is 4.77. The molecule has 7 nitrogen and oxygen atoms in total. The van der Waals surface area contributed by atoms with E-state index in [0.29, 0.717) is 12.2 Å². The van der Waals surface area contributed by atoms with Crippen molar-refractivity contribution in [3.8, 4) is 11.1 Å². The van der Waals surface area contributed by atoms with Crippen molar-refractivity contribution in [3.05, 3.63) is 65.1 Å². The maximum absolute atomic E-state index is 13.0. The molecular weight excluding hydrogens is 390 g/mol. The van der Waals surface area contributed by atoms with Crippen molar-refractivity contribution in [1.82, 2.24) is 20.1 Å². The normalized spacial score (nSPS) is 18.3. The molecule has 1 aliphatic carbocycles. The fraction of sp³-hybridized carbons (Fsp3) is 0.375. The second-order valence-corrected chi connectivity index (χ2v) is 8.34. The minimum Gasteiger partial charge on any atom is -0.383 e. The number of ether oxygens (including phenoxy) is 1. The second-order valence-electron chi connectivity index (χ2n) is 8.34. The number of carbonyl (C=O) groups is 1. The average molecular weight is 420 g/mol. The highest BCUT2D eigenvalue weighted by atomic mass is 16.5. The molecule has 0 unspecified atom stereocenters. The summed E-state index contributed by atoms with van der Waals surface area (Å²) in [5.74, 6) is -0.00171. The number of carbonyl (C=O) groups excluding carboxylic acids is 1. The molecule has 1 aliphatic rings. The predicted molar refractivity (Wildman–Crippen MR) is 120 cm³/mol. The number of nitrogens with zero attached hydrogens (tertiary/aromatic N) is 3. The minimum atomic E-state index is -0.220. The van der Waals surface area contributed by atoms with Gasteiger partial charge in [-0.05, 0) is 55.9 Å². The van der Waals surface area contributed by atoms with Crippen LogP contribution >= 0.6 is 0 Å². The van der Waals surface area contributed by atoms with E-state index in [1.54, 1.807) is 23.1 Å². The lowest BCUT2D eigenvalue weighted by molar-refractivity contribution is 0.0272. The molecule has 4 rings (SSSR count). The van der Waals surface area contributed by atoms with Crippen LogP contribution in [0.15, 0.2) is 42.9 Å². The molecule has 0 spiro atoms. The van der Waals surface area contributed by atoms with Gasteiger partial charge in [-0.2, -0.15) is 5.10 Å². The van der Waals surface area contributed by atoms with Gasteiger partial charge in [0.25, 0.3) is 5.91 Å². The van der Waals surface area contributed by atoms with Gasteiger partial charge in [0.05, 0.1) is 30.5 Å². The molecule has 2 aromatic heterocycles. The van der Waals surface area contributed by atoms with Crippen LogP contribution in [0.4, 0.5) is 5.82 Å². The van der Waals surface area contributed by atoms with Gasteiger partial charge in [-0.3, -0.25) is 9.48 Å². The molecule has 31 heavy (non-hydrogen) atoms. The number of benzene rings is 1. The summed E-state index contributed by atoms with van der Waals surface area (Å²) in [6, 6.07) is 8.11. The molecule has 7 heteroatoms. The van der Waals surface area contributed by atoms with Gasteiger partial charge in [-0.25, -0.2) is 4.98 Å². The van der Waals surface area contributed by atoms with Crippen molar-refractivity contribution >= 4 is 11.7 Å². The van der Waals surface area contributed by atoms with Crippen LogP contribution in [0, 0.1) is 13.8 Å². The monoisotopic (exact) mass is 419 g/mol. The first-order valence-electron chi connectivity index (χ1n) is 10.6. The van der Waals surface area contributed by atoms with Crippen molar-refractivity contribution in [2.24, 2.45) is 7.05 Å². The second kappa shape index (κ2) is 8.89. The Morgan fingerprint density at radius 2 is 2.03 bits per heavy atom. The van der Waals surface area contributed by atoms with Crippen molar-refractivity contribution in [2.75, 3.05) is 5.73 Å². The lowest BCUT2D eigenvalue weighted by atomic mass is 10.1. The first-order chi connectivity index (χ1) is 14.9. The molecule has 3 N–H and O–H groups in total. The van der Waals surface area contributed by atoms with Crippen molar-refractivity contribution < 1.29 is 9.53 Å². The predicted octanol–water partition coefficient (Wildman–Crippen LogP) is 3.55. The molecular formula is C24H29N5O2. The molecule has 0 bridgehead atoms. The van der Waals surface area contributed by atoms with Crippen molar-refractivity contribution in [2.45, 2.75) is 51.9 Å². The number of hydrogen-bond donors (Lipinski definition) is 2. The number of rotatable bonds is 6. The Kier molecular flexibility index (Phi) is 6.04. The lowest BCUT2D eigenvalue weighted by Crippen LogP contribution is -2.41. The van der Waals surface area contributed by atoms with Crippen LogP contribution < -0.4 is 11.1 Å². The van der Waals surface area contributed by atoms with Gasteiger partial charge in [-0.15, -0.1) is 0 Å². The molecule has 1 aromatic carbocycles. The maximum Gasteiger partial charge on any atom is 0.255 e. The molecule has 2 heterocycles. The Morgan fingerprint density at radius 3 is 2.77 bits per heavy atom. The summed E-state index contributed by atoms with van der Waals surface area (Å²) in [5, 5.41) is 7.30. The van der Waals surface area contributed by atoms with E-state index in [4.69, 9.17) is 10.5 Å². The maximum atomic E-state index is 13.0. The summed E-state index contributed by atoms with van der Waals surface area (Å²) in [6.45, 7) is 4.75. The first-order valence-corrected chi connectivity index (χ1v) is 10.6. The summed E-state index contributed by atoms with van der Waals surface area (Å²) in [4.78, 5) is 17.2. The number of amides is 1. The largest absolute Gasteiger partial charge is 0.383 e. The summed E-state index contributed by atoms with van der Waals surface area (Å²) < 4.78 is 7.90. The standard InChI is InChI=1S/C24H29N5O2/c1-15-7-8-17(9-16(15)2)14-31-22-6-4-5-21(22)28-24(30)20-10-18(11-26-23(20)25)19-12-27-29(3)13-19/h7-13,21-22H,4-6,14H2,1-3H3,(H2,25,26)(H,28,30)/t21-,22-/m1/s1. The van der Waals surface area contributed by atoms with Crippen LogP contribution in [0.5, 0.6) is 0 Å². The van der Waals surface area contributed by atoms with Crippen LogP contribution in [0.1, 0.15) is 46.3 Å². The van der Waals surface area contributed by atoms with E-state index in [1.807, 2.05) is 13.2 Å². The zero-order valence-electron chi connectivity index (χ0n) is 18.3. The number of hydrogen-bond acceptors (Lipinski definition) is 5. The third-order valence-electron chi connectivity index (χ3n) is 6.01. The van der Waals surface area contributed by atoms with E-state index in [2.05, 4.69) is 47.4 Å². The number of nitrogen functional groups attached to an aromatic ring is 1. The average Bonchev–Trinajstić information content (AvgIpc) is 3.38. The van der Waals surface area contributed by atoms with Crippen molar-refractivity contribution in [3.63, 3.8) is 0 Å². The van der Waals surface area contributed by atoms with E-state index in [1.165, 1.54) is 11.1 Å². The van der Waals surface area contributed by atoms with Crippen molar-refractivity contribution in [1.29, 1.82) is 0 Å². The SMILES string of the molecule is Cc1ccc(CO[C@@H]2CCC[C@H]2NC(=O)c2cc(-c3cnn(C)c3)cnc2N)cc1C. The Labute approximate surface area is 182 Å². The fourth-order valence-electron chi connectivity index (χ4n) is 4.02. The topological polar surface area (TPSA) is 95.1 Å². The summed E-state index contributed by atoms with van der Waals surface area (Å²) >= 11 is 0. The Bertz CT molecular complexity index is 1090. The summed E-state index contributed by atoms with van der Waals surface area (Å²) in [7, 11) is 1.85. The molecule has 1 amide bonds. The van der Waals surface area contributed by atoms with Crippen LogP contribution in [0.25, 0.3) is 11.1 Å². The fourth-order valence-corrected chi connectivity index (χ4v) is 4.02. The Balaban J connectivity index is 1.43. The van der Waals surface area contributed by atoms with Gasteiger partial charge in [-0.1, -0.05) is 18.2 Å². The molecule has 1 saturated carbocycles. The van der Waals surface area contributed by atoms with Crippen LogP contribution in [0.2, 0.25) is 0 Å². The number of pyridine rings is 1. The van der Waals surface area contributed by atoms with Gasteiger partial charge in [0, 0.05) is 30.6 Å².